The van der Waals surface area contributed by atoms with Crippen LogP contribution in [0.15, 0.2) is 53.7 Å². The lowest BCUT2D eigenvalue weighted by Crippen LogP contribution is -2.14. The van der Waals surface area contributed by atoms with Crippen LogP contribution in [0.5, 0.6) is 0 Å². The van der Waals surface area contributed by atoms with Crippen LogP contribution in [-0.4, -0.2) is 18.1 Å². The molecule has 0 saturated carbocycles. The van der Waals surface area contributed by atoms with Crippen LogP contribution in [0.25, 0.3) is 0 Å². The highest BCUT2D eigenvalue weighted by Gasteiger charge is 2.05. The van der Waals surface area contributed by atoms with Crippen molar-refractivity contribution in [1.29, 1.82) is 0 Å². The topological polar surface area (TPSA) is 61.8 Å². The van der Waals surface area contributed by atoms with Gasteiger partial charge in [-0.25, -0.2) is 0 Å². The average Bonchev–Trinajstić information content (AvgIpc) is 2.46. The van der Waals surface area contributed by atoms with E-state index >= 15 is 0 Å². The summed E-state index contributed by atoms with van der Waals surface area (Å²) >= 11 is 0. The van der Waals surface area contributed by atoms with E-state index in [1.165, 1.54) is 5.56 Å². The second kappa shape index (κ2) is 5.44. The van der Waals surface area contributed by atoms with Crippen LogP contribution in [0.2, 0.25) is 0 Å². The number of nitrogens with two attached hydrogens (primary N) is 1. The summed E-state index contributed by atoms with van der Waals surface area (Å²) < 4.78 is 0. The van der Waals surface area contributed by atoms with Gasteiger partial charge in [0.1, 0.15) is 0 Å². The van der Waals surface area contributed by atoms with Gasteiger partial charge >= 0.3 is 0 Å². The zero-order chi connectivity index (χ0) is 13.8. The molecule has 0 aliphatic rings. The normalized spacial score (nSPS) is 11.4. The first kappa shape index (κ1) is 13.0. The summed E-state index contributed by atoms with van der Waals surface area (Å²) in [6, 6.07) is 15.8. The van der Waals surface area contributed by atoms with Gasteiger partial charge < -0.3 is 15.8 Å². The number of aryl methyl sites for hydroxylation is 1. The number of anilines is 2. The quantitative estimate of drug-likeness (QED) is 0.384. The summed E-state index contributed by atoms with van der Waals surface area (Å²) in [5, 5.41) is 11.6. The van der Waals surface area contributed by atoms with Gasteiger partial charge in [0, 0.05) is 24.0 Å². The molecule has 19 heavy (non-hydrogen) atoms. The zero-order valence-electron chi connectivity index (χ0n) is 11.0. The number of hydrogen-bond donors (Lipinski definition) is 2. The maximum absolute atomic E-state index is 8.62. The molecule has 4 nitrogen and oxygen atoms in total. The lowest BCUT2D eigenvalue weighted by molar-refractivity contribution is 0.318. The molecule has 0 unspecified atom stereocenters. The SMILES string of the molecule is Cc1ccc(N(C)c2ccc(C(N)=NO)cc2)cc1. The van der Waals surface area contributed by atoms with Crippen LogP contribution in [0.4, 0.5) is 11.4 Å². The summed E-state index contributed by atoms with van der Waals surface area (Å²) in [5.41, 5.74) is 9.62. The Kier molecular flexibility index (Phi) is 3.71. The first-order chi connectivity index (χ1) is 9.11. The van der Waals surface area contributed by atoms with Gasteiger partial charge in [0.2, 0.25) is 0 Å². The number of nitrogens with zero attached hydrogens (tertiary/aromatic N) is 2. The third-order valence-electron chi connectivity index (χ3n) is 3.08. The molecule has 0 saturated heterocycles. The Labute approximate surface area is 112 Å². The minimum atomic E-state index is 0.115. The van der Waals surface area contributed by atoms with Gasteiger partial charge in [-0.2, -0.15) is 0 Å². The predicted molar refractivity (Wildman–Crippen MR) is 78.2 cm³/mol. The van der Waals surface area contributed by atoms with Crippen LogP contribution >= 0.6 is 0 Å². The van der Waals surface area contributed by atoms with Crippen LogP contribution in [0.3, 0.4) is 0 Å². The molecule has 4 heteroatoms. The lowest BCUT2D eigenvalue weighted by atomic mass is 10.1. The van der Waals surface area contributed by atoms with Crippen LogP contribution in [0.1, 0.15) is 11.1 Å². The van der Waals surface area contributed by atoms with Gasteiger partial charge in [-0.3, -0.25) is 0 Å². The minimum absolute atomic E-state index is 0.115. The van der Waals surface area contributed by atoms with E-state index in [0.29, 0.717) is 5.56 Å². The fraction of sp³-hybridized carbons (Fsp3) is 0.133. The number of benzene rings is 2. The molecule has 0 aromatic heterocycles. The smallest absolute Gasteiger partial charge is 0.170 e. The molecule has 0 atom stereocenters. The van der Waals surface area contributed by atoms with Crippen LogP contribution < -0.4 is 10.6 Å². The van der Waals surface area contributed by atoms with Crippen molar-refractivity contribution in [2.24, 2.45) is 10.9 Å². The van der Waals surface area contributed by atoms with E-state index in [1.54, 1.807) is 0 Å². The average molecular weight is 255 g/mol. The molecule has 0 fully saturated rings. The molecular formula is C15H17N3O. The molecule has 3 N–H and O–H groups in total. The monoisotopic (exact) mass is 255 g/mol. The van der Waals surface area contributed by atoms with E-state index in [9.17, 15) is 0 Å². The molecule has 0 aliphatic heterocycles. The molecule has 0 amide bonds. The van der Waals surface area contributed by atoms with E-state index in [0.717, 1.165) is 11.4 Å². The summed E-state index contributed by atoms with van der Waals surface area (Å²) in [6.07, 6.45) is 0. The molecule has 0 radical (unpaired) electrons. The Hall–Kier alpha value is -2.49. The van der Waals surface area contributed by atoms with E-state index < -0.39 is 0 Å². The third kappa shape index (κ3) is 2.85. The van der Waals surface area contributed by atoms with Crippen molar-refractivity contribution in [3.05, 3.63) is 59.7 Å². The summed E-state index contributed by atoms with van der Waals surface area (Å²) in [7, 11) is 2.00. The van der Waals surface area contributed by atoms with Crippen molar-refractivity contribution in [2.45, 2.75) is 6.92 Å². The second-order valence-electron chi connectivity index (χ2n) is 4.43. The van der Waals surface area contributed by atoms with Gasteiger partial charge in [-0.15, -0.1) is 0 Å². The standard InChI is InChI=1S/C15H17N3O/c1-11-3-7-13(8-4-11)18(2)14-9-5-12(6-10-14)15(16)17-19/h3-10,19H,1-2H3,(H2,16,17). The van der Waals surface area contributed by atoms with Crippen molar-refractivity contribution in [2.75, 3.05) is 11.9 Å². The van der Waals surface area contributed by atoms with Crippen molar-refractivity contribution >= 4 is 17.2 Å². The Morgan fingerprint density at radius 2 is 1.47 bits per heavy atom. The third-order valence-corrected chi connectivity index (χ3v) is 3.08. The molecule has 0 heterocycles. The molecule has 2 rings (SSSR count). The van der Waals surface area contributed by atoms with Crippen molar-refractivity contribution in [3.63, 3.8) is 0 Å². The molecule has 98 valence electrons. The molecule has 2 aromatic carbocycles. The lowest BCUT2D eigenvalue weighted by Gasteiger charge is -2.20. The van der Waals surface area contributed by atoms with Crippen molar-refractivity contribution < 1.29 is 5.21 Å². The van der Waals surface area contributed by atoms with Gasteiger partial charge in [0.25, 0.3) is 0 Å². The van der Waals surface area contributed by atoms with E-state index in [2.05, 4.69) is 41.2 Å². The molecular weight excluding hydrogens is 238 g/mol. The van der Waals surface area contributed by atoms with Gasteiger partial charge in [-0.1, -0.05) is 22.9 Å². The molecule has 2 aromatic rings. The van der Waals surface area contributed by atoms with Crippen molar-refractivity contribution in [1.82, 2.24) is 0 Å². The Morgan fingerprint density at radius 3 is 1.95 bits per heavy atom. The zero-order valence-corrected chi connectivity index (χ0v) is 11.0. The molecule has 0 spiro atoms. The van der Waals surface area contributed by atoms with Crippen LogP contribution in [-0.2, 0) is 0 Å². The Morgan fingerprint density at radius 1 is 1.00 bits per heavy atom. The van der Waals surface area contributed by atoms with Crippen molar-refractivity contribution in [3.8, 4) is 0 Å². The fourth-order valence-corrected chi connectivity index (χ4v) is 1.83. The fourth-order valence-electron chi connectivity index (χ4n) is 1.83. The highest BCUT2D eigenvalue weighted by atomic mass is 16.4. The Bertz CT molecular complexity index is 573. The van der Waals surface area contributed by atoms with Gasteiger partial charge in [-0.05, 0) is 43.3 Å². The largest absolute Gasteiger partial charge is 0.409 e. The van der Waals surface area contributed by atoms with Crippen LogP contribution in [0, 0.1) is 6.92 Å². The minimum Gasteiger partial charge on any atom is -0.409 e. The van der Waals surface area contributed by atoms with Gasteiger partial charge in [0.05, 0.1) is 0 Å². The van der Waals surface area contributed by atoms with E-state index in [1.807, 2.05) is 31.3 Å². The number of hydrogen-bond acceptors (Lipinski definition) is 3. The second-order valence-corrected chi connectivity index (χ2v) is 4.43. The first-order valence-corrected chi connectivity index (χ1v) is 6.00. The molecule has 0 aliphatic carbocycles. The van der Waals surface area contributed by atoms with Gasteiger partial charge in [0.15, 0.2) is 5.84 Å². The highest BCUT2D eigenvalue weighted by Crippen LogP contribution is 2.23. The summed E-state index contributed by atoms with van der Waals surface area (Å²) in [5.74, 6) is 0.115. The Balaban J connectivity index is 2.24. The predicted octanol–water partition coefficient (Wildman–Crippen LogP) is 2.86. The van der Waals surface area contributed by atoms with E-state index in [4.69, 9.17) is 10.9 Å². The first-order valence-electron chi connectivity index (χ1n) is 6.00. The summed E-state index contributed by atoms with van der Waals surface area (Å²) in [4.78, 5) is 2.08. The number of amidine groups is 1. The van der Waals surface area contributed by atoms with E-state index in [-0.39, 0.29) is 5.84 Å². The number of rotatable bonds is 3. The summed E-state index contributed by atoms with van der Waals surface area (Å²) in [6.45, 7) is 2.07. The number of oxime groups is 1. The highest BCUT2D eigenvalue weighted by molar-refractivity contribution is 5.97. The maximum Gasteiger partial charge on any atom is 0.170 e. The maximum atomic E-state index is 8.62. The molecule has 0 bridgehead atoms.